The molecule has 10 heteroatoms. The maximum atomic E-state index is 6.20. The summed E-state index contributed by atoms with van der Waals surface area (Å²) in [6, 6.07) is 18.2. The Bertz CT molecular complexity index is 1060. The van der Waals surface area contributed by atoms with Gasteiger partial charge in [-0.2, -0.15) is 10.9 Å². The number of hydrogen-bond acceptors (Lipinski definition) is 6. The van der Waals surface area contributed by atoms with Crippen LogP contribution in [0.2, 0.25) is 5.02 Å². The predicted molar refractivity (Wildman–Crippen MR) is 128 cm³/mol. The van der Waals surface area contributed by atoms with Crippen molar-refractivity contribution in [3.63, 3.8) is 0 Å². The number of halogens is 1. The number of thiocarbonyl (C=S) groups is 1. The summed E-state index contributed by atoms with van der Waals surface area (Å²) in [7, 11) is 1.88. The highest BCUT2D eigenvalue weighted by Gasteiger charge is 2.53. The van der Waals surface area contributed by atoms with Crippen molar-refractivity contribution in [3.8, 4) is 0 Å². The van der Waals surface area contributed by atoms with Gasteiger partial charge in [-0.1, -0.05) is 41.9 Å². The van der Waals surface area contributed by atoms with E-state index in [1.807, 2.05) is 49.5 Å². The number of nitrogens with one attached hydrogen (secondary N) is 2. The summed E-state index contributed by atoms with van der Waals surface area (Å²) in [4.78, 5) is 11.9. The molecule has 32 heavy (non-hydrogen) atoms. The first-order chi connectivity index (χ1) is 15.5. The van der Waals surface area contributed by atoms with E-state index in [9.17, 15) is 0 Å². The summed E-state index contributed by atoms with van der Waals surface area (Å²) in [5.74, 6) is 1.41. The summed E-state index contributed by atoms with van der Waals surface area (Å²) in [5, 5.41) is 2.89. The zero-order chi connectivity index (χ0) is 22.1. The molecule has 0 aliphatic carbocycles. The number of hydrazine groups is 1. The highest BCUT2D eigenvalue weighted by molar-refractivity contribution is 7.80. The first-order valence-corrected chi connectivity index (χ1v) is 11.3. The highest BCUT2D eigenvalue weighted by Crippen LogP contribution is 2.34. The van der Waals surface area contributed by atoms with Crippen molar-refractivity contribution >= 4 is 40.9 Å². The Morgan fingerprint density at radius 1 is 1.09 bits per heavy atom. The molecule has 2 atom stereocenters. The van der Waals surface area contributed by atoms with Gasteiger partial charge in [0.25, 0.3) is 5.96 Å². The minimum Gasteiger partial charge on any atom is -0.378 e. The van der Waals surface area contributed by atoms with Crippen LogP contribution in [0.3, 0.4) is 0 Å². The Kier molecular flexibility index (Phi) is 5.83. The Labute approximate surface area is 197 Å². The molecule has 8 nitrogen and oxygen atoms in total. The number of benzene rings is 2. The van der Waals surface area contributed by atoms with Crippen LogP contribution in [0.4, 0.5) is 0 Å². The van der Waals surface area contributed by atoms with E-state index in [2.05, 4.69) is 27.9 Å². The molecule has 0 spiro atoms. The van der Waals surface area contributed by atoms with Crippen molar-refractivity contribution in [2.45, 2.75) is 12.7 Å². The Morgan fingerprint density at radius 3 is 2.53 bits per heavy atom. The van der Waals surface area contributed by atoms with Crippen LogP contribution in [0.15, 0.2) is 64.6 Å². The van der Waals surface area contributed by atoms with Crippen LogP contribution in [-0.2, 0) is 11.3 Å². The Morgan fingerprint density at radius 2 is 1.81 bits per heavy atom. The molecule has 1 saturated heterocycles. The lowest BCUT2D eigenvalue weighted by molar-refractivity contribution is -0.922. The molecule has 0 saturated carbocycles. The van der Waals surface area contributed by atoms with Crippen molar-refractivity contribution in [1.29, 1.82) is 0 Å². The minimum atomic E-state index is -0.251. The van der Waals surface area contributed by atoms with Crippen molar-refractivity contribution in [2.24, 2.45) is 9.98 Å². The van der Waals surface area contributed by atoms with E-state index in [0.29, 0.717) is 35.9 Å². The molecule has 3 aliphatic rings. The summed E-state index contributed by atoms with van der Waals surface area (Å²) >= 11 is 11.8. The van der Waals surface area contributed by atoms with E-state index in [1.165, 1.54) is 0 Å². The van der Waals surface area contributed by atoms with Gasteiger partial charge >= 0.3 is 5.96 Å². The molecule has 0 amide bonds. The predicted octanol–water partition coefficient (Wildman–Crippen LogP) is 2.65. The number of morpholine rings is 1. The quantitative estimate of drug-likeness (QED) is 0.531. The van der Waals surface area contributed by atoms with Crippen LogP contribution < -0.4 is 10.9 Å². The molecule has 3 heterocycles. The van der Waals surface area contributed by atoms with Crippen LogP contribution in [0.1, 0.15) is 17.3 Å². The van der Waals surface area contributed by atoms with Gasteiger partial charge in [0.05, 0.1) is 13.2 Å². The van der Waals surface area contributed by atoms with Crippen LogP contribution in [0, 0.1) is 0 Å². The molecular weight excluding hydrogens is 446 g/mol. The van der Waals surface area contributed by atoms with Gasteiger partial charge in [0.1, 0.15) is 6.54 Å². The molecule has 2 aromatic rings. The molecule has 5 rings (SSSR count). The topological polar surface area (TPSA) is 64.5 Å². The largest absolute Gasteiger partial charge is 0.378 e. The number of ether oxygens (including phenoxy) is 1. The number of quaternary nitrogens is 1. The van der Waals surface area contributed by atoms with E-state index in [-0.39, 0.29) is 10.8 Å². The molecular formula is C22H25ClN7OS+. The molecule has 1 fully saturated rings. The number of guanidine groups is 2. The van der Waals surface area contributed by atoms with Crippen molar-refractivity contribution in [2.75, 3.05) is 33.4 Å². The Balaban J connectivity index is 1.63. The fourth-order valence-electron chi connectivity index (χ4n) is 4.19. The van der Waals surface area contributed by atoms with Crippen LogP contribution in [-0.4, -0.2) is 64.9 Å². The first-order valence-electron chi connectivity index (χ1n) is 10.5. The normalized spacial score (nSPS) is 25.6. The SMILES string of the molecule is CN1NC(c2ccc(Cl)cc2)[N+]2(Cc3ccccc3)NC(N3CCOCC3)=NC2=NC1=S. The fraction of sp³-hybridized carbons (Fsp3) is 0.318. The summed E-state index contributed by atoms with van der Waals surface area (Å²) in [5.41, 5.74) is 9.46. The number of hydrogen-bond donors (Lipinski definition) is 2. The van der Waals surface area contributed by atoms with Gasteiger partial charge in [0.15, 0.2) is 0 Å². The summed E-state index contributed by atoms with van der Waals surface area (Å²) in [6.45, 7) is 3.51. The third kappa shape index (κ3) is 3.98. The molecule has 0 aromatic heterocycles. The maximum Gasteiger partial charge on any atom is 0.362 e. The van der Waals surface area contributed by atoms with E-state index in [1.54, 1.807) is 5.01 Å². The third-order valence-corrected chi connectivity index (χ3v) is 6.49. The molecule has 0 bridgehead atoms. The van der Waals surface area contributed by atoms with Gasteiger partial charge in [-0.05, 0) is 36.5 Å². The highest BCUT2D eigenvalue weighted by atomic mass is 35.5. The van der Waals surface area contributed by atoms with Crippen LogP contribution >= 0.6 is 23.8 Å². The lowest BCUT2D eigenvalue weighted by atomic mass is 10.1. The standard InChI is InChI=1S/C22H24ClN7OS/c1-28-22(32)25-21-24-20(29-11-13-31-14-12-29)27-30(21,15-16-5-3-2-4-6-16)19(26-28)17-7-9-18(23)10-8-17/h2-10,19,26H,11-15H2,1H3/p+1. The molecule has 166 valence electrons. The van der Waals surface area contributed by atoms with Gasteiger partial charge in [-0.25, -0.2) is 0 Å². The number of nitrogens with zero attached hydrogens (tertiary/aromatic N) is 5. The first kappa shape index (κ1) is 21.3. The van der Waals surface area contributed by atoms with Gasteiger partial charge in [-0.15, -0.1) is 14.6 Å². The van der Waals surface area contributed by atoms with Gasteiger partial charge in [0.2, 0.25) is 11.3 Å². The summed E-state index contributed by atoms with van der Waals surface area (Å²) < 4.78 is 5.79. The Hall–Kier alpha value is -2.56. The zero-order valence-electron chi connectivity index (χ0n) is 17.7. The second-order valence-corrected chi connectivity index (χ2v) is 8.80. The molecule has 2 N–H and O–H groups in total. The van der Waals surface area contributed by atoms with Crippen molar-refractivity contribution in [3.05, 3.63) is 70.7 Å². The maximum absolute atomic E-state index is 6.20. The lowest BCUT2D eigenvalue weighted by Gasteiger charge is -2.40. The average molecular weight is 471 g/mol. The summed E-state index contributed by atoms with van der Waals surface area (Å²) in [6.07, 6.45) is -0.251. The third-order valence-electron chi connectivity index (χ3n) is 5.87. The van der Waals surface area contributed by atoms with Gasteiger partial charge in [-0.3, -0.25) is 5.01 Å². The lowest BCUT2D eigenvalue weighted by Crippen LogP contribution is -2.65. The van der Waals surface area contributed by atoms with E-state index >= 15 is 0 Å². The van der Waals surface area contributed by atoms with Crippen LogP contribution in [0.25, 0.3) is 0 Å². The molecule has 3 aliphatic heterocycles. The number of aliphatic imine (C=N–C) groups is 2. The number of rotatable bonds is 3. The van der Waals surface area contributed by atoms with E-state index in [4.69, 9.17) is 38.5 Å². The zero-order valence-corrected chi connectivity index (χ0v) is 19.3. The van der Waals surface area contributed by atoms with E-state index < -0.39 is 0 Å². The second-order valence-electron chi connectivity index (χ2n) is 8.00. The fourth-order valence-corrected chi connectivity index (χ4v) is 4.45. The average Bonchev–Trinajstić information content (AvgIpc) is 3.13. The van der Waals surface area contributed by atoms with Crippen molar-refractivity contribution in [1.82, 2.24) is 20.8 Å². The van der Waals surface area contributed by atoms with Gasteiger partial charge in [0, 0.05) is 36.3 Å². The van der Waals surface area contributed by atoms with Gasteiger partial charge < -0.3 is 9.64 Å². The molecule has 2 aromatic carbocycles. The molecule has 2 unspecified atom stereocenters. The molecule has 0 radical (unpaired) electrons. The monoisotopic (exact) mass is 470 g/mol. The second kappa shape index (κ2) is 8.76. The minimum absolute atomic E-state index is 0.251. The van der Waals surface area contributed by atoms with Crippen LogP contribution in [0.5, 0.6) is 0 Å². The smallest absolute Gasteiger partial charge is 0.362 e. The number of fused-ring (bicyclic) bond motifs is 1. The van der Waals surface area contributed by atoms with E-state index in [0.717, 1.165) is 30.2 Å². The van der Waals surface area contributed by atoms with Crippen molar-refractivity contribution < 1.29 is 9.33 Å².